The Labute approximate surface area is 315 Å². The van der Waals surface area contributed by atoms with Gasteiger partial charge in [-0.1, -0.05) is 125 Å². The van der Waals surface area contributed by atoms with Crippen LogP contribution in [0.1, 0.15) is 49.9 Å². The second kappa shape index (κ2) is 12.5. The van der Waals surface area contributed by atoms with Gasteiger partial charge in [0.2, 0.25) is 0 Å². The number of phenolic OH excluding ortho intramolecular Hbond substituents is 2. The zero-order valence-corrected chi connectivity index (χ0v) is 30.5. The number of para-hydroxylation sites is 4. The molecule has 0 aliphatic carbocycles. The van der Waals surface area contributed by atoms with Crippen molar-refractivity contribution in [2.45, 2.75) is 38.5 Å². The van der Waals surface area contributed by atoms with Crippen LogP contribution in [0.15, 0.2) is 156 Å². The van der Waals surface area contributed by atoms with Crippen molar-refractivity contribution in [3.63, 3.8) is 0 Å². The molecule has 2 aliphatic rings. The van der Waals surface area contributed by atoms with Gasteiger partial charge in [-0.2, -0.15) is 0 Å². The fourth-order valence-corrected chi connectivity index (χ4v) is 8.07. The van der Waals surface area contributed by atoms with E-state index in [1.54, 1.807) is 18.5 Å². The van der Waals surface area contributed by atoms with Crippen molar-refractivity contribution in [3.05, 3.63) is 168 Å². The van der Waals surface area contributed by atoms with Gasteiger partial charge in [0, 0.05) is 44.2 Å². The van der Waals surface area contributed by atoms with Gasteiger partial charge >= 0.3 is 0 Å². The van der Waals surface area contributed by atoms with Crippen molar-refractivity contribution in [2.75, 3.05) is 0 Å². The van der Waals surface area contributed by atoms with E-state index in [1.807, 2.05) is 42.5 Å². The average molecular weight is 703 g/mol. The first-order valence-corrected chi connectivity index (χ1v) is 18.2. The summed E-state index contributed by atoms with van der Waals surface area (Å²) in [5.74, 6) is 0.462. The summed E-state index contributed by atoms with van der Waals surface area (Å²) in [6.45, 7) is 8.64. The van der Waals surface area contributed by atoms with Gasteiger partial charge in [-0.25, -0.2) is 9.97 Å². The third kappa shape index (κ3) is 5.33. The Morgan fingerprint density at radius 1 is 0.407 bits per heavy atom. The van der Waals surface area contributed by atoms with E-state index < -0.39 is 0 Å². The Hall–Kier alpha value is -6.66. The number of aliphatic imine (C=N–C) groups is 2. The molecule has 0 radical (unpaired) electrons. The number of phenols is 2. The molecular formula is C48H38N4O2. The molecule has 0 saturated carbocycles. The van der Waals surface area contributed by atoms with Gasteiger partial charge in [-0.15, -0.1) is 0 Å². The lowest BCUT2D eigenvalue weighted by atomic mass is 9.78. The molecule has 2 aliphatic heterocycles. The van der Waals surface area contributed by atoms with E-state index in [2.05, 4.69) is 113 Å². The molecular weight excluding hydrogens is 665 g/mol. The summed E-state index contributed by atoms with van der Waals surface area (Å²) < 4.78 is 0. The molecule has 1 aromatic heterocycles. The Balaban J connectivity index is 1.07. The number of hydrogen-bond donors (Lipinski definition) is 2. The Bertz CT molecular complexity index is 2520. The van der Waals surface area contributed by atoms with Crippen LogP contribution < -0.4 is 0 Å². The third-order valence-electron chi connectivity index (χ3n) is 11.0. The monoisotopic (exact) mass is 702 g/mol. The van der Waals surface area contributed by atoms with Gasteiger partial charge in [0.15, 0.2) is 0 Å². The standard InChI is InChI=1S/C48H38N4O2/c1-47(2)37-21-11-19-33(43(37)51-45(47)35-17-5-7-23-41(35)53)29-13-9-15-31(25-29)39-27-40(50-28-49-39)32-16-10-14-30(26-32)34-20-12-22-38-44(34)52-46(48(38,3)4)36-18-6-8-24-42(36)54/h5-28,53-54H,1-4H3. The van der Waals surface area contributed by atoms with E-state index in [1.165, 1.54) is 0 Å². The maximum absolute atomic E-state index is 10.7. The van der Waals surface area contributed by atoms with Gasteiger partial charge in [-0.05, 0) is 64.7 Å². The number of fused-ring (bicyclic) bond motifs is 2. The lowest BCUT2D eigenvalue weighted by molar-refractivity contribution is 0.473. The topological polar surface area (TPSA) is 91.0 Å². The number of benzene rings is 6. The van der Waals surface area contributed by atoms with Gasteiger partial charge in [0.25, 0.3) is 0 Å². The van der Waals surface area contributed by atoms with Crippen LogP contribution in [0, 0.1) is 0 Å². The van der Waals surface area contributed by atoms with Crippen molar-refractivity contribution >= 4 is 22.8 Å². The van der Waals surface area contributed by atoms with Crippen molar-refractivity contribution in [3.8, 4) is 56.3 Å². The first kappa shape index (κ1) is 33.2. The fraction of sp³-hybridized carbons (Fsp3) is 0.125. The lowest BCUT2D eigenvalue weighted by Crippen LogP contribution is -2.26. The minimum Gasteiger partial charge on any atom is -0.507 e. The molecule has 3 heterocycles. The molecule has 9 rings (SSSR count). The maximum Gasteiger partial charge on any atom is 0.124 e. The highest BCUT2D eigenvalue weighted by atomic mass is 16.3. The highest BCUT2D eigenvalue weighted by Crippen LogP contribution is 2.49. The van der Waals surface area contributed by atoms with Crippen molar-refractivity contribution in [2.24, 2.45) is 9.98 Å². The highest BCUT2D eigenvalue weighted by Gasteiger charge is 2.39. The molecule has 0 atom stereocenters. The number of nitrogens with zero attached hydrogens (tertiary/aromatic N) is 4. The van der Waals surface area contributed by atoms with Gasteiger partial charge in [-0.3, -0.25) is 9.98 Å². The molecule has 0 unspecified atom stereocenters. The van der Waals surface area contributed by atoms with E-state index in [-0.39, 0.29) is 22.3 Å². The number of rotatable bonds is 6. The molecule has 6 heteroatoms. The van der Waals surface area contributed by atoms with Gasteiger partial charge < -0.3 is 10.2 Å². The lowest BCUT2D eigenvalue weighted by Gasteiger charge is -2.23. The molecule has 0 bridgehead atoms. The molecule has 0 spiro atoms. The van der Waals surface area contributed by atoms with Crippen LogP contribution in [0.4, 0.5) is 11.4 Å². The summed E-state index contributed by atoms with van der Waals surface area (Å²) in [6, 6.07) is 46.3. The normalized spacial score (nSPS) is 15.0. The third-order valence-corrected chi connectivity index (χ3v) is 11.0. The van der Waals surface area contributed by atoms with Crippen LogP contribution in [0.25, 0.3) is 44.8 Å². The van der Waals surface area contributed by atoms with Gasteiger partial charge in [0.1, 0.15) is 17.8 Å². The van der Waals surface area contributed by atoms with Crippen molar-refractivity contribution < 1.29 is 10.2 Å². The van der Waals surface area contributed by atoms with Crippen molar-refractivity contribution in [1.29, 1.82) is 0 Å². The summed E-state index contributed by atoms with van der Waals surface area (Å²) in [7, 11) is 0. The van der Waals surface area contributed by atoms with Gasteiger partial charge in [0.05, 0.1) is 34.2 Å². The molecule has 2 N–H and O–H groups in total. The molecule has 262 valence electrons. The first-order valence-electron chi connectivity index (χ1n) is 18.2. The molecule has 0 amide bonds. The van der Waals surface area contributed by atoms with E-state index >= 15 is 0 Å². The highest BCUT2D eigenvalue weighted by molar-refractivity contribution is 6.16. The molecule has 0 fully saturated rings. The Kier molecular flexibility index (Phi) is 7.68. The number of aromatic nitrogens is 2. The second-order valence-electron chi connectivity index (χ2n) is 15.1. The molecule has 0 saturated heterocycles. The van der Waals surface area contributed by atoms with Crippen LogP contribution in [-0.4, -0.2) is 31.6 Å². The van der Waals surface area contributed by atoms with E-state index in [0.717, 1.165) is 89.8 Å². The summed E-state index contributed by atoms with van der Waals surface area (Å²) in [6.07, 6.45) is 1.63. The minimum absolute atomic E-state index is 0.231. The van der Waals surface area contributed by atoms with Crippen LogP contribution in [0.3, 0.4) is 0 Å². The predicted molar refractivity (Wildman–Crippen MR) is 218 cm³/mol. The molecule has 7 aromatic rings. The van der Waals surface area contributed by atoms with Crippen LogP contribution in [-0.2, 0) is 10.8 Å². The fourth-order valence-electron chi connectivity index (χ4n) is 8.07. The van der Waals surface area contributed by atoms with Crippen molar-refractivity contribution in [1.82, 2.24) is 9.97 Å². The molecule has 6 aromatic carbocycles. The number of aromatic hydroxyl groups is 2. The SMILES string of the molecule is CC1(C)C(c2ccccc2O)=Nc2c(-c3cccc(-c4cc(-c5cccc(-c6cccc7c6N=C(c6ccccc6O)C7(C)C)c5)ncn4)c3)cccc21. The molecule has 6 nitrogen and oxygen atoms in total. The zero-order chi connectivity index (χ0) is 37.2. The van der Waals surface area contributed by atoms with Crippen LogP contribution in [0.5, 0.6) is 11.5 Å². The first-order chi connectivity index (χ1) is 26.1. The zero-order valence-electron chi connectivity index (χ0n) is 30.5. The van der Waals surface area contributed by atoms with Crippen LogP contribution in [0.2, 0.25) is 0 Å². The summed E-state index contributed by atoms with van der Waals surface area (Å²) in [4.78, 5) is 19.8. The van der Waals surface area contributed by atoms with E-state index in [0.29, 0.717) is 0 Å². The Morgan fingerprint density at radius 2 is 0.796 bits per heavy atom. The Morgan fingerprint density at radius 3 is 1.24 bits per heavy atom. The minimum atomic E-state index is -0.382. The quantitative estimate of drug-likeness (QED) is 0.180. The maximum atomic E-state index is 10.7. The summed E-state index contributed by atoms with van der Waals surface area (Å²) in [5.41, 5.74) is 14.3. The largest absolute Gasteiger partial charge is 0.507 e. The average Bonchev–Trinajstić information content (AvgIpc) is 3.63. The van der Waals surface area contributed by atoms with E-state index in [9.17, 15) is 10.2 Å². The summed E-state index contributed by atoms with van der Waals surface area (Å²) >= 11 is 0. The number of hydrogen-bond acceptors (Lipinski definition) is 6. The summed E-state index contributed by atoms with van der Waals surface area (Å²) in [5, 5.41) is 21.4. The molecule has 54 heavy (non-hydrogen) atoms. The van der Waals surface area contributed by atoms with E-state index in [4.69, 9.17) is 20.0 Å². The second-order valence-corrected chi connectivity index (χ2v) is 15.1. The smallest absolute Gasteiger partial charge is 0.124 e. The van der Waals surface area contributed by atoms with Crippen LogP contribution >= 0.6 is 0 Å². The predicted octanol–water partition coefficient (Wildman–Crippen LogP) is 11.4.